The van der Waals surface area contributed by atoms with Crippen LogP contribution < -0.4 is 4.74 Å². The Balaban J connectivity index is 1.41. The summed E-state index contributed by atoms with van der Waals surface area (Å²) in [7, 11) is 0. The van der Waals surface area contributed by atoms with Crippen molar-refractivity contribution in [3.63, 3.8) is 0 Å². The van der Waals surface area contributed by atoms with Gasteiger partial charge in [0.05, 0.1) is 12.1 Å². The van der Waals surface area contributed by atoms with Gasteiger partial charge in [-0.2, -0.15) is 0 Å². The standard InChI is InChI=1S/C26H26N2O4/c1-3-19-6-8-20(9-7-19)17-31-22-12-10-21(11-13-22)26-27-23-16-28(18(2)15-25(29)30)14-4-5-24(23)32-26/h1,6-13,18H,4-5,14-17H2,2H3,(H,29,30). The van der Waals surface area contributed by atoms with E-state index in [2.05, 4.69) is 10.8 Å². The molecule has 164 valence electrons. The highest BCUT2D eigenvalue weighted by molar-refractivity contribution is 5.67. The van der Waals surface area contributed by atoms with Crippen molar-refractivity contribution in [3.05, 3.63) is 71.1 Å². The van der Waals surface area contributed by atoms with Gasteiger partial charge in [0.15, 0.2) is 0 Å². The largest absolute Gasteiger partial charge is 0.489 e. The van der Waals surface area contributed by atoms with E-state index in [4.69, 9.17) is 25.7 Å². The van der Waals surface area contributed by atoms with Crippen molar-refractivity contribution in [1.82, 2.24) is 9.88 Å². The van der Waals surface area contributed by atoms with E-state index >= 15 is 0 Å². The number of carboxylic acid groups (broad SMARTS) is 1. The Hall–Kier alpha value is -3.56. The van der Waals surface area contributed by atoms with Crippen LogP contribution in [0.3, 0.4) is 0 Å². The monoisotopic (exact) mass is 430 g/mol. The molecule has 0 radical (unpaired) electrons. The van der Waals surface area contributed by atoms with Crippen LogP contribution >= 0.6 is 0 Å². The lowest BCUT2D eigenvalue weighted by Gasteiger charge is -2.25. The molecule has 0 saturated carbocycles. The number of hydrogen-bond donors (Lipinski definition) is 1. The van der Waals surface area contributed by atoms with E-state index in [1.54, 1.807) is 0 Å². The molecular formula is C26H26N2O4. The molecule has 3 aromatic rings. The summed E-state index contributed by atoms with van der Waals surface area (Å²) < 4.78 is 11.9. The molecule has 2 aromatic carbocycles. The minimum Gasteiger partial charge on any atom is -0.489 e. The highest BCUT2D eigenvalue weighted by atomic mass is 16.5. The summed E-state index contributed by atoms with van der Waals surface area (Å²) in [5.74, 6) is 4.05. The van der Waals surface area contributed by atoms with Crippen molar-refractivity contribution >= 4 is 5.97 Å². The third kappa shape index (κ3) is 5.19. The van der Waals surface area contributed by atoms with Crippen LogP contribution in [0.15, 0.2) is 52.9 Å². The van der Waals surface area contributed by atoms with Gasteiger partial charge in [0.25, 0.3) is 0 Å². The Morgan fingerprint density at radius 3 is 2.69 bits per heavy atom. The SMILES string of the molecule is C#Cc1ccc(COc2ccc(-c3nc4c(o3)CCCN(C(C)CC(=O)O)C4)cc2)cc1. The Bertz CT molecular complexity index is 1110. The van der Waals surface area contributed by atoms with Crippen molar-refractivity contribution in [3.8, 4) is 29.5 Å². The molecule has 1 aliphatic heterocycles. The van der Waals surface area contributed by atoms with Gasteiger partial charge in [-0.1, -0.05) is 18.1 Å². The maximum atomic E-state index is 11.1. The minimum atomic E-state index is -0.783. The molecule has 0 spiro atoms. The van der Waals surface area contributed by atoms with Crippen LogP contribution in [0.4, 0.5) is 0 Å². The number of aromatic nitrogens is 1. The molecule has 2 heterocycles. The molecule has 1 aliphatic rings. The van der Waals surface area contributed by atoms with E-state index in [1.165, 1.54) is 0 Å². The normalized spacial score (nSPS) is 14.8. The second-order valence-electron chi connectivity index (χ2n) is 8.06. The predicted octanol–water partition coefficient (Wildman–Crippen LogP) is 4.51. The Kier molecular flexibility index (Phi) is 6.58. The van der Waals surface area contributed by atoms with Gasteiger partial charge in [-0.3, -0.25) is 9.69 Å². The van der Waals surface area contributed by atoms with Gasteiger partial charge in [0, 0.05) is 30.1 Å². The number of benzene rings is 2. The Morgan fingerprint density at radius 1 is 1.25 bits per heavy atom. The highest BCUT2D eigenvalue weighted by Gasteiger charge is 2.25. The third-order valence-corrected chi connectivity index (χ3v) is 5.70. The summed E-state index contributed by atoms with van der Waals surface area (Å²) in [4.78, 5) is 18.0. The number of aryl methyl sites for hydroxylation is 1. The van der Waals surface area contributed by atoms with E-state index < -0.39 is 5.97 Å². The van der Waals surface area contributed by atoms with Crippen LogP contribution in [0.5, 0.6) is 5.75 Å². The first-order valence-corrected chi connectivity index (χ1v) is 10.7. The van der Waals surface area contributed by atoms with E-state index in [0.717, 1.165) is 53.3 Å². The zero-order valence-electron chi connectivity index (χ0n) is 18.1. The van der Waals surface area contributed by atoms with Gasteiger partial charge in [0.2, 0.25) is 5.89 Å². The first-order chi connectivity index (χ1) is 15.5. The molecule has 1 aromatic heterocycles. The summed E-state index contributed by atoms with van der Waals surface area (Å²) in [5, 5.41) is 9.10. The van der Waals surface area contributed by atoms with E-state index in [-0.39, 0.29) is 12.5 Å². The quantitative estimate of drug-likeness (QED) is 0.556. The zero-order valence-corrected chi connectivity index (χ0v) is 18.1. The van der Waals surface area contributed by atoms with Crippen molar-refractivity contribution in [1.29, 1.82) is 0 Å². The molecular weight excluding hydrogens is 404 g/mol. The van der Waals surface area contributed by atoms with Crippen LogP contribution in [-0.4, -0.2) is 33.5 Å². The number of carbonyl (C=O) groups is 1. The number of carboxylic acids is 1. The predicted molar refractivity (Wildman–Crippen MR) is 121 cm³/mol. The summed E-state index contributed by atoms with van der Waals surface area (Å²) in [5.41, 5.74) is 3.67. The molecule has 0 aliphatic carbocycles. The van der Waals surface area contributed by atoms with Crippen molar-refractivity contribution in [2.24, 2.45) is 0 Å². The number of ether oxygens (including phenoxy) is 1. The molecule has 6 heteroatoms. The Labute approximate surface area is 187 Å². The van der Waals surface area contributed by atoms with Crippen molar-refractivity contribution < 1.29 is 19.1 Å². The minimum absolute atomic E-state index is 0.0437. The van der Waals surface area contributed by atoms with Gasteiger partial charge >= 0.3 is 5.97 Å². The van der Waals surface area contributed by atoms with Crippen LogP contribution in [0.25, 0.3) is 11.5 Å². The van der Waals surface area contributed by atoms with Gasteiger partial charge in [-0.25, -0.2) is 4.98 Å². The lowest BCUT2D eigenvalue weighted by atomic mass is 10.1. The van der Waals surface area contributed by atoms with Crippen molar-refractivity contribution in [2.45, 2.75) is 45.4 Å². The van der Waals surface area contributed by atoms with Gasteiger partial charge in [-0.05, 0) is 61.9 Å². The van der Waals surface area contributed by atoms with Crippen LogP contribution in [0.1, 0.15) is 42.3 Å². The number of oxazole rings is 1. The number of hydrogen-bond acceptors (Lipinski definition) is 5. The van der Waals surface area contributed by atoms with Gasteiger partial charge < -0.3 is 14.3 Å². The van der Waals surface area contributed by atoms with E-state index in [9.17, 15) is 4.79 Å². The van der Waals surface area contributed by atoms with Crippen LogP contribution in [-0.2, 0) is 24.4 Å². The molecule has 1 atom stereocenters. The first kappa shape index (κ1) is 21.7. The molecule has 32 heavy (non-hydrogen) atoms. The lowest BCUT2D eigenvalue weighted by molar-refractivity contribution is -0.138. The van der Waals surface area contributed by atoms with E-state index in [0.29, 0.717) is 19.0 Å². The fraction of sp³-hybridized carbons (Fsp3) is 0.308. The maximum Gasteiger partial charge on any atom is 0.304 e. The third-order valence-electron chi connectivity index (χ3n) is 5.70. The van der Waals surface area contributed by atoms with Crippen molar-refractivity contribution in [2.75, 3.05) is 6.54 Å². The number of nitrogens with zero attached hydrogens (tertiary/aromatic N) is 2. The van der Waals surface area contributed by atoms with Crippen LogP contribution in [0, 0.1) is 12.3 Å². The molecule has 0 saturated heterocycles. The average Bonchev–Trinajstić information content (AvgIpc) is 3.09. The lowest BCUT2D eigenvalue weighted by Crippen LogP contribution is -2.34. The second-order valence-corrected chi connectivity index (χ2v) is 8.06. The molecule has 0 bridgehead atoms. The summed E-state index contributed by atoms with van der Waals surface area (Å²) in [6.45, 7) is 3.85. The van der Waals surface area contributed by atoms with Gasteiger partial charge in [-0.15, -0.1) is 6.42 Å². The number of terminal acetylenes is 1. The molecule has 4 rings (SSSR count). The number of aliphatic carboxylic acids is 1. The fourth-order valence-corrected chi connectivity index (χ4v) is 3.86. The average molecular weight is 431 g/mol. The molecule has 1 N–H and O–H groups in total. The molecule has 6 nitrogen and oxygen atoms in total. The van der Waals surface area contributed by atoms with Gasteiger partial charge in [0.1, 0.15) is 18.1 Å². The van der Waals surface area contributed by atoms with E-state index in [1.807, 2.05) is 55.5 Å². The molecule has 0 amide bonds. The number of fused-ring (bicyclic) bond motifs is 1. The van der Waals surface area contributed by atoms with Crippen LogP contribution in [0.2, 0.25) is 0 Å². The Morgan fingerprint density at radius 2 is 2.00 bits per heavy atom. The first-order valence-electron chi connectivity index (χ1n) is 10.7. The molecule has 1 unspecified atom stereocenters. The second kappa shape index (κ2) is 9.71. The number of rotatable bonds is 7. The maximum absolute atomic E-state index is 11.1. The smallest absolute Gasteiger partial charge is 0.304 e. The fourth-order valence-electron chi connectivity index (χ4n) is 3.86. The summed E-state index contributed by atoms with van der Waals surface area (Å²) in [6.07, 6.45) is 7.23. The summed E-state index contributed by atoms with van der Waals surface area (Å²) in [6, 6.07) is 15.4. The molecule has 0 fully saturated rings. The summed E-state index contributed by atoms with van der Waals surface area (Å²) >= 11 is 0. The topological polar surface area (TPSA) is 75.8 Å². The zero-order chi connectivity index (χ0) is 22.5. The highest BCUT2D eigenvalue weighted by Crippen LogP contribution is 2.28.